The molecule has 0 unspecified atom stereocenters. The number of nitro groups is 1. The molecule has 2 rings (SSSR count). The van der Waals surface area contributed by atoms with Crippen LogP contribution in [0.25, 0.3) is 0 Å². The van der Waals surface area contributed by atoms with Crippen molar-refractivity contribution in [2.75, 3.05) is 0 Å². The van der Waals surface area contributed by atoms with E-state index < -0.39 is 37.4 Å². The quantitative estimate of drug-likeness (QED) is 0.446. The highest BCUT2D eigenvalue weighted by atomic mass is 32.2. The normalized spacial score (nSPS) is 15.7. The summed E-state index contributed by atoms with van der Waals surface area (Å²) in [5, 5.41) is 10.7. The fraction of sp³-hybridized carbons (Fsp3) is 0.200. The zero-order valence-electron chi connectivity index (χ0n) is 9.88. The van der Waals surface area contributed by atoms with Crippen LogP contribution in [0.2, 0.25) is 0 Å². The van der Waals surface area contributed by atoms with E-state index in [0.29, 0.717) is 0 Å². The molecule has 9 nitrogen and oxygen atoms in total. The number of hydrogen-bond donors (Lipinski definition) is 0. The monoisotopic (exact) mass is 300 g/mol. The molecule has 0 spiro atoms. The molecule has 1 saturated heterocycles. The number of amides is 2. The Bertz CT molecular complexity index is 681. The van der Waals surface area contributed by atoms with Gasteiger partial charge in [0.25, 0.3) is 17.5 Å². The molecule has 0 bridgehead atoms. The van der Waals surface area contributed by atoms with Crippen LogP contribution in [-0.4, -0.2) is 30.2 Å². The molecule has 0 radical (unpaired) electrons. The third kappa shape index (κ3) is 2.65. The van der Waals surface area contributed by atoms with Gasteiger partial charge in [-0.3, -0.25) is 19.7 Å². The number of hydrogen-bond acceptors (Lipinski definition) is 7. The molecule has 0 aliphatic carbocycles. The summed E-state index contributed by atoms with van der Waals surface area (Å²) in [5.74, 6) is -1.55. The van der Waals surface area contributed by atoms with E-state index in [9.17, 15) is 28.1 Å². The largest absolute Gasteiger partial charge is 0.318 e. The second-order valence-electron chi connectivity index (χ2n) is 3.86. The zero-order chi connectivity index (χ0) is 14.9. The number of carbonyl (C=O) groups excluding carboxylic acids is 2. The number of carbonyl (C=O) groups is 2. The molecule has 0 aromatic heterocycles. The molecular weight excluding hydrogens is 292 g/mol. The number of nitro benzene ring substituents is 1. The molecule has 1 aliphatic rings. The summed E-state index contributed by atoms with van der Waals surface area (Å²) in [6, 6.07) is 4.10. The van der Waals surface area contributed by atoms with Crippen molar-refractivity contribution in [2.45, 2.75) is 17.7 Å². The van der Waals surface area contributed by atoms with Crippen molar-refractivity contribution in [2.24, 2.45) is 0 Å². The summed E-state index contributed by atoms with van der Waals surface area (Å²) in [7, 11) is -4.49. The molecular formula is C10H8N2O7S. The number of rotatable bonds is 4. The first-order chi connectivity index (χ1) is 9.31. The highest BCUT2D eigenvalue weighted by Gasteiger charge is 2.35. The third-order valence-electron chi connectivity index (χ3n) is 2.50. The van der Waals surface area contributed by atoms with Crippen LogP contribution >= 0.6 is 0 Å². The van der Waals surface area contributed by atoms with Gasteiger partial charge in [-0.2, -0.15) is 8.42 Å². The standard InChI is InChI=1S/C10H8N2O7S/c13-9-4-5-10(14)11(9)19-20(17,18)8-3-1-2-7(6-8)12(15)16/h1-3,6H,4-5H2. The summed E-state index contributed by atoms with van der Waals surface area (Å²) in [5.41, 5.74) is -0.450. The van der Waals surface area contributed by atoms with Crippen LogP contribution in [0.5, 0.6) is 0 Å². The van der Waals surface area contributed by atoms with E-state index in [1.807, 2.05) is 0 Å². The predicted octanol–water partition coefficient (Wildman–Crippen LogP) is 0.364. The minimum atomic E-state index is -4.49. The summed E-state index contributed by atoms with van der Waals surface area (Å²) in [6.45, 7) is 0. The van der Waals surface area contributed by atoms with Crippen LogP contribution < -0.4 is 0 Å². The summed E-state index contributed by atoms with van der Waals surface area (Å²) < 4.78 is 28.2. The van der Waals surface area contributed by atoms with Gasteiger partial charge in [-0.15, -0.1) is 9.35 Å². The van der Waals surface area contributed by atoms with Gasteiger partial charge in [0.1, 0.15) is 4.90 Å². The van der Waals surface area contributed by atoms with Crippen molar-refractivity contribution in [1.29, 1.82) is 0 Å². The van der Waals surface area contributed by atoms with Gasteiger partial charge < -0.3 is 0 Å². The highest BCUT2D eigenvalue weighted by Crippen LogP contribution is 2.22. The van der Waals surface area contributed by atoms with Crippen LogP contribution in [-0.2, 0) is 24.0 Å². The average Bonchev–Trinajstić information content (AvgIpc) is 2.70. The zero-order valence-corrected chi connectivity index (χ0v) is 10.7. The van der Waals surface area contributed by atoms with E-state index in [4.69, 9.17) is 0 Å². The predicted molar refractivity (Wildman–Crippen MR) is 62.5 cm³/mol. The van der Waals surface area contributed by atoms with Gasteiger partial charge in [-0.1, -0.05) is 6.07 Å². The van der Waals surface area contributed by atoms with Crippen molar-refractivity contribution < 1.29 is 27.2 Å². The van der Waals surface area contributed by atoms with E-state index in [1.54, 1.807) is 0 Å². The van der Waals surface area contributed by atoms with E-state index in [1.165, 1.54) is 0 Å². The number of hydroxylamine groups is 2. The Kier molecular flexibility index (Phi) is 3.51. The molecule has 1 aromatic carbocycles. The summed E-state index contributed by atoms with van der Waals surface area (Å²) >= 11 is 0. The maximum atomic E-state index is 11.9. The van der Waals surface area contributed by atoms with Crippen LogP contribution in [0, 0.1) is 10.1 Å². The second kappa shape index (κ2) is 4.98. The van der Waals surface area contributed by atoms with Crippen molar-refractivity contribution in [3.63, 3.8) is 0 Å². The Labute approximate surface area is 113 Å². The molecule has 10 heteroatoms. The van der Waals surface area contributed by atoms with Crippen LogP contribution in [0.1, 0.15) is 12.8 Å². The molecule has 106 valence electrons. The Hall–Kier alpha value is -2.33. The van der Waals surface area contributed by atoms with Gasteiger partial charge in [0.2, 0.25) is 0 Å². The second-order valence-corrected chi connectivity index (χ2v) is 5.39. The Morgan fingerprint density at radius 2 is 1.80 bits per heavy atom. The fourth-order valence-corrected chi connectivity index (χ4v) is 2.49. The molecule has 1 heterocycles. The van der Waals surface area contributed by atoms with Gasteiger partial charge in [-0.05, 0) is 6.07 Å². The van der Waals surface area contributed by atoms with Crippen molar-refractivity contribution in [1.82, 2.24) is 5.06 Å². The highest BCUT2D eigenvalue weighted by molar-refractivity contribution is 7.86. The van der Waals surface area contributed by atoms with E-state index >= 15 is 0 Å². The first kappa shape index (κ1) is 14.1. The molecule has 1 aliphatic heterocycles. The molecule has 0 saturated carbocycles. The topological polar surface area (TPSA) is 124 Å². The van der Waals surface area contributed by atoms with Gasteiger partial charge in [0.05, 0.1) is 4.92 Å². The molecule has 20 heavy (non-hydrogen) atoms. The summed E-state index contributed by atoms with van der Waals surface area (Å²) in [4.78, 5) is 31.8. The third-order valence-corrected chi connectivity index (χ3v) is 3.67. The maximum absolute atomic E-state index is 11.9. The van der Waals surface area contributed by atoms with Gasteiger partial charge in [0, 0.05) is 25.0 Å². The number of benzene rings is 1. The number of imide groups is 1. The van der Waals surface area contributed by atoms with E-state index in [0.717, 1.165) is 24.3 Å². The van der Waals surface area contributed by atoms with Crippen molar-refractivity contribution in [3.8, 4) is 0 Å². The Morgan fingerprint density at radius 1 is 1.20 bits per heavy atom. The van der Waals surface area contributed by atoms with Gasteiger partial charge >= 0.3 is 10.1 Å². The number of nitrogens with zero attached hydrogens (tertiary/aromatic N) is 2. The molecule has 1 aromatic rings. The van der Waals surface area contributed by atoms with Crippen LogP contribution in [0.3, 0.4) is 0 Å². The smallest absolute Gasteiger partial charge is 0.272 e. The number of non-ortho nitro benzene ring substituents is 1. The van der Waals surface area contributed by atoms with E-state index in [2.05, 4.69) is 4.28 Å². The Balaban J connectivity index is 2.31. The van der Waals surface area contributed by atoms with Gasteiger partial charge in [0.15, 0.2) is 0 Å². The minimum Gasteiger partial charge on any atom is -0.272 e. The molecule has 0 N–H and O–H groups in total. The lowest BCUT2D eigenvalue weighted by molar-refractivity contribution is -0.385. The molecule has 1 fully saturated rings. The SMILES string of the molecule is O=C1CCC(=O)N1OS(=O)(=O)c1cccc([N+](=O)[O-])c1. The van der Waals surface area contributed by atoms with Crippen LogP contribution in [0.15, 0.2) is 29.2 Å². The lowest BCUT2D eigenvalue weighted by Gasteiger charge is -2.12. The fourth-order valence-electron chi connectivity index (χ4n) is 1.53. The van der Waals surface area contributed by atoms with Crippen LogP contribution in [0.4, 0.5) is 5.69 Å². The first-order valence-corrected chi connectivity index (χ1v) is 6.77. The Morgan fingerprint density at radius 3 is 2.35 bits per heavy atom. The molecule has 0 atom stereocenters. The van der Waals surface area contributed by atoms with E-state index in [-0.39, 0.29) is 17.9 Å². The molecule has 2 amide bonds. The lowest BCUT2D eigenvalue weighted by atomic mass is 10.3. The minimum absolute atomic E-state index is 0.136. The summed E-state index contributed by atoms with van der Waals surface area (Å²) in [6.07, 6.45) is -0.271. The maximum Gasteiger partial charge on any atom is 0.318 e. The van der Waals surface area contributed by atoms with Crippen molar-refractivity contribution in [3.05, 3.63) is 34.4 Å². The average molecular weight is 300 g/mol. The first-order valence-electron chi connectivity index (χ1n) is 5.36. The van der Waals surface area contributed by atoms with Gasteiger partial charge in [-0.25, -0.2) is 0 Å². The lowest BCUT2D eigenvalue weighted by Crippen LogP contribution is -2.32. The van der Waals surface area contributed by atoms with Crippen molar-refractivity contribution >= 4 is 27.6 Å².